The molecule has 4 rings (SSSR count). The number of piperidine rings is 1. The van der Waals surface area contributed by atoms with Gasteiger partial charge in [0.1, 0.15) is 12.4 Å². The van der Waals surface area contributed by atoms with Gasteiger partial charge in [-0.05, 0) is 54.7 Å². The van der Waals surface area contributed by atoms with Gasteiger partial charge >= 0.3 is 18.3 Å². The first-order valence-corrected chi connectivity index (χ1v) is 12.7. The van der Waals surface area contributed by atoms with E-state index in [-0.39, 0.29) is 55.9 Å². The number of alkyl halides is 6. The van der Waals surface area contributed by atoms with Gasteiger partial charge in [-0.25, -0.2) is 4.79 Å². The van der Waals surface area contributed by atoms with Crippen molar-refractivity contribution < 1.29 is 50.5 Å². The molecule has 0 bridgehead atoms. The van der Waals surface area contributed by atoms with Gasteiger partial charge in [-0.3, -0.25) is 4.79 Å². The fourth-order valence-electron chi connectivity index (χ4n) is 5.00. The highest BCUT2D eigenvalue weighted by Gasteiger charge is 2.56. The smallest absolute Gasteiger partial charge is 0.416 e. The first-order chi connectivity index (χ1) is 18.8. The molecule has 2 unspecified atom stereocenters. The maximum Gasteiger partial charge on any atom is 0.416 e. The number of carbonyl (C=O) groups is 2. The quantitative estimate of drug-likeness (QED) is 0.278. The summed E-state index contributed by atoms with van der Waals surface area (Å²) in [5.74, 6) is -1.17. The number of rotatable bonds is 11. The molecule has 0 aromatic heterocycles. The molecule has 2 fully saturated rings. The van der Waals surface area contributed by atoms with E-state index < -0.39 is 47.0 Å². The van der Waals surface area contributed by atoms with E-state index in [1.165, 1.54) is 4.90 Å². The van der Waals surface area contributed by atoms with E-state index in [0.29, 0.717) is 37.6 Å². The lowest BCUT2D eigenvalue weighted by Gasteiger charge is -2.22. The van der Waals surface area contributed by atoms with Crippen LogP contribution >= 0.6 is 12.4 Å². The highest BCUT2D eigenvalue weighted by molar-refractivity contribution is 5.95. The van der Waals surface area contributed by atoms with Crippen LogP contribution in [0.5, 0.6) is 5.75 Å². The normalized spacial score (nSPS) is 20.7. The molecule has 4 atom stereocenters. The number of amides is 1. The minimum absolute atomic E-state index is 0. The molecule has 2 aromatic rings. The highest BCUT2D eigenvalue weighted by atomic mass is 35.5. The fourth-order valence-corrected chi connectivity index (χ4v) is 5.00. The van der Waals surface area contributed by atoms with Crippen LogP contribution in [0.15, 0.2) is 42.5 Å². The number of nitrogens with one attached hydrogen (secondary N) is 1. The lowest BCUT2D eigenvalue weighted by atomic mass is 10.0. The van der Waals surface area contributed by atoms with E-state index in [4.69, 9.17) is 9.47 Å². The number of hydrogen-bond donors (Lipinski definition) is 2. The van der Waals surface area contributed by atoms with E-state index in [1.807, 2.05) is 0 Å². The Hall–Kier alpha value is -3.03. The maximum atomic E-state index is 13.1. The molecule has 41 heavy (non-hydrogen) atoms. The molecule has 226 valence electrons. The van der Waals surface area contributed by atoms with Gasteiger partial charge in [0.25, 0.3) is 5.91 Å². The molecule has 1 amide bonds. The summed E-state index contributed by atoms with van der Waals surface area (Å²) in [6, 6.07) is 7.99. The van der Waals surface area contributed by atoms with Crippen LogP contribution in [-0.4, -0.2) is 66.9 Å². The standard InChI is InChI=1S/C27H28F6N2O5.ClH/c1-2-39-22(25(37)38)9-15-3-5-19(6-4-15)40-8-7-34-23-20-13-35(14-21(20)23)24(36)16-10-17(26(28,29)30)12-18(11-16)27(31,32)33;/h3-6,10-12,20-23,34H,2,7-9,13-14H2,1H3,(H,37,38);1H/t20-,21?,22-,23?;/m0./s1. The summed E-state index contributed by atoms with van der Waals surface area (Å²) in [5, 5.41) is 12.5. The monoisotopic (exact) mass is 610 g/mol. The molecule has 1 saturated carbocycles. The van der Waals surface area contributed by atoms with Crippen LogP contribution < -0.4 is 10.1 Å². The number of carboxylic acids is 1. The number of likely N-dealkylation sites (tertiary alicyclic amines) is 1. The van der Waals surface area contributed by atoms with Crippen molar-refractivity contribution in [1.29, 1.82) is 0 Å². The molecular weight excluding hydrogens is 582 g/mol. The van der Waals surface area contributed by atoms with Crippen molar-refractivity contribution in [2.75, 3.05) is 32.8 Å². The van der Waals surface area contributed by atoms with Crippen LogP contribution in [0.3, 0.4) is 0 Å². The van der Waals surface area contributed by atoms with Crippen LogP contribution in [-0.2, 0) is 28.3 Å². The Morgan fingerprint density at radius 2 is 1.56 bits per heavy atom. The Morgan fingerprint density at radius 3 is 2.05 bits per heavy atom. The van der Waals surface area contributed by atoms with Gasteiger partial charge in [0, 0.05) is 44.3 Å². The summed E-state index contributed by atoms with van der Waals surface area (Å²) in [5.41, 5.74) is -2.88. The lowest BCUT2D eigenvalue weighted by Crippen LogP contribution is -2.36. The van der Waals surface area contributed by atoms with Crippen molar-refractivity contribution in [1.82, 2.24) is 10.2 Å². The Kier molecular flexibility index (Phi) is 10.2. The first-order valence-electron chi connectivity index (χ1n) is 12.7. The molecule has 1 aliphatic heterocycles. The van der Waals surface area contributed by atoms with Crippen LogP contribution in [0.2, 0.25) is 0 Å². The van der Waals surface area contributed by atoms with Crippen LogP contribution in [0.1, 0.15) is 34.0 Å². The van der Waals surface area contributed by atoms with E-state index in [2.05, 4.69) is 5.32 Å². The molecule has 7 nitrogen and oxygen atoms in total. The molecule has 0 radical (unpaired) electrons. The Balaban J connectivity index is 0.00000462. The molecule has 1 heterocycles. The minimum Gasteiger partial charge on any atom is -0.492 e. The number of halogens is 7. The van der Waals surface area contributed by atoms with E-state index in [1.54, 1.807) is 31.2 Å². The summed E-state index contributed by atoms with van der Waals surface area (Å²) in [7, 11) is 0. The van der Waals surface area contributed by atoms with Crippen molar-refractivity contribution >= 4 is 24.3 Å². The van der Waals surface area contributed by atoms with Gasteiger partial charge in [0.05, 0.1) is 11.1 Å². The third-order valence-corrected chi connectivity index (χ3v) is 7.05. The van der Waals surface area contributed by atoms with Crippen molar-refractivity contribution in [2.24, 2.45) is 11.8 Å². The number of carbonyl (C=O) groups excluding carboxylic acids is 1. The van der Waals surface area contributed by atoms with Crippen LogP contribution in [0, 0.1) is 11.8 Å². The van der Waals surface area contributed by atoms with Crippen molar-refractivity contribution in [2.45, 2.75) is 37.8 Å². The number of ether oxygens (including phenoxy) is 2. The van der Waals surface area contributed by atoms with Gasteiger partial charge in [-0.2, -0.15) is 26.3 Å². The van der Waals surface area contributed by atoms with Gasteiger partial charge in [-0.1, -0.05) is 12.1 Å². The largest absolute Gasteiger partial charge is 0.492 e. The highest BCUT2D eigenvalue weighted by Crippen LogP contribution is 2.46. The number of benzene rings is 2. The zero-order valence-corrected chi connectivity index (χ0v) is 22.6. The Bertz CT molecular complexity index is 1180. The van der Waals surface area contributed by atoms with Gasteiger partial charge in [-0.15, -0.1) is 12.4 Å². The Labute approximate surface area is 238 Å². The molecule has 1 aliphatic carbocycles. The lowest BCUT2D eigenvalue weighted by molar-refractivity contribution is -0.150. The second-order valence-corrected chi connectivity index (χ2v) is 9.79. The molecule has 14 heteroatoms. The maximum absolute atomic E-state index is 13.1. The third kappa shape index (κ3) is 8.04. The Morgan fingerprint density at radius 1 is 1.00 bits per heavy atom. The molecule has 1 saturated heterocycles. The topological polar surface area (TPSA) is 88.1 Å². The number of fused-ring (bicyclic) bond motifs is 1. The summed E-state index contributed by atoms with van der Waals surface area (Å²) in [6.07, 6.45) is -10.7. The van der Waals surface area contributed by atoms with Gasteiger partial charge in [0.15, 0.2) is 6.10 Å². The summed E-state index contributed by atoms with van der Waals surface area (Å²) >= 11 is 0. The molecule has 2 N–H and O–H groups in total. The molecule has 2 aliphatic rings. The predicted molar refractivity (Wildman–Crippen MR) is 137 cm³/mol. The first kappa shape index (κ1) is 32.5. The number of nitrogens with zero attached hydrogens (tertiary/aromatic N) is 1. The summed E-state index contributed by atoms with van der Waals surface area (Å²) < 4.78 is 89.7. The number of aliphatic carboxylic acids is 1. The van der Waals surface area contributed by atoms with E-state index in [9.17, 15) is 41.0 Å². The van der Waals surface area contributed by atoms with Crippen molar-refractivity contribution in [3.8, 4) is 5.75 Å². The zero-order valence-electron chi connectivity index (χ0n) is 21.8. The summed E-state index contributed by atoms with van der Waals surface area (Å²) in [6.45, 7) is 3.31. The fraction of sp³-hybridized carbons (Fsp3) is 0.481. The van der Waals surface area contributed by atoms with Crippen LogP contribution in [0.4, 0.5) is 26.3 Å². The van der Waals surface area contributed by atoms with Gasteiger partial charge < -0.3 is 24.8 Å². The zero-order chi connectivity index (χ0) is 29.2. The van der Waals surface area contributed by atoms with Gasteiger partial charge in [0.2, 0.25) is 0 Å². The van der Waals surface area contributed by atoms with E-state index in [0.717, 1.165) is 5.56 Å². The van der Waals surface area contributed by atoms with E-state index >= 15 is 0 Å². The average molecular weight is 611 g/mol. The minimum atomic E-state index is -5.02. The molecular formula is C27H29ClF6N2O5. The SMILES string of the molecule is CCO[C@@H](Cc1ccc(OCCNC2C3CN(C(=O)c4cc(C(F)(F)F)cc(C(F)(F)F)c4)C[C@@H]32)cc1)C(=O)O.Cl. The van der Waals surface area contributed by atoms with Crippen LogP contribution in [0.25, 0.3) is 0 Å². The summed E-state index contributed by atoms with van der Waals surface area (Å²) in [4.78, 5) is 25.3. The third-order valence-electron chi connectivity index (χ3n) is 7.05. The average Bonchev–Trinajstić information content (AvgIpc) is 3.32. The molecule has 2 aromatic carbocycles. The van der Waals surface area contributed by atoms with Crippen molar-refractivity contribution in [3.63, 3.8) is 0 Å². The number of carboxylic acid groups (broad SMARTS) is 1. The molecule has 0 spiro atoms. The van der Waals surface area contributed by atoms with Crippen molar-refractivity contribution in [3.05, 3.63) is 64.7 Å². The number of hydrogen-bond acceptors (Lipinski definition) is 5. The predicted octanol–water partition coefficient (Wildman–Crippen LogP) is 4.92. The second kappa shape index (κ2) is 12.9. The second-order valence-electron chi connectivity index (χ2n) is 9.79.